The molecule has 2 unspecified atom stereocenters. The first kappa shape index (κ1) is 38.0. The molecule has 5 N–H and O–H groups in total. The summed E-state index contributed by atoms with van der Waals surface area (Å²) in [6, 6.07) is 9.77. The maximum Gasteiger partial charge on any atom is 0.412 e. The Kier molecular flexibility index (Phi) is 13.5. The third-order valence-electron chi connectivity index (χ3n) is 9.10. The van der Waals surface area contributed by atoms with Gasteiger partial charge in [-0.15, -0.1) is 0 Å². The maximum atomic E-state index is 14.1. The van der Waals surface area contributed by atoms with Crippen molar-refractivity contribution < 1.29 is 28.7 Å². The number of aryl methyl sites for hydroxylation is 1. The van der Waals surface area contributed by atoms with E-state index in [2.05, 4.69) is 27.9 Å². The number of nitrogens with one attached hydrogen (secondary N) is 5. The fourth-order valence-corrected chi connectivity index (χ4v) is 6.27. The summed E-state index contributed by atoms with van der Waals surface area (Å²) in [7, 11) is 0. The number of unbranched alkanes of at least 4 members (excludes halogenated alkanes) is 3. The average Bonchev–Trinajstić information content (AvgIpc) is 3.78. The number of rotatable bonds is 17. The predicted molar refractivity (Wildman–Crippen MR) is 192 cm³/mol. The van der Waals surface area contributed by atoms with Crippen molar-refractivity contribution in [3.63, 3.8) is 0 Å². The van der Waals surface area contributed by atoms with E-state index in [1.54, 1.807) is 19.1 Å². The van der Waals surface area contributed by atoms with Gasteiger partial charge in [-0.05, 0) is 88.4 Å². The van der Waals surface area contributed by atoms with Gasteiger partial charge in [0.05, 0.1) is 36.2 Å². The highest BCUT2D eigenvalue weighted by atomic mass is 16.5. The van der Waals surface area contributed by atoms with Gasteiger partial charge in [-0.1, -0.05) is 32.3 Å². The van der Waals surface area contributed by atoms with Crippen LogP contribution in [0, 0.1) is 12.3 Å². The molecule has 2 heterocycles. The number of amides is 2. The van der Waals surface area contributed by atoms with E-state index in [9.17, 15) is 19.2 Å². The zero-order valence-corrected chi connectivity index (χ0v) is 29.9. The van der Waals surface area contributed by atoms with E-state index in [0.717, 1.165) is 66.4 Å². The largest absolute Gasteiger partial charge is 0.464 e. The molecule has 1 fully saturated rings. The lowest BCUT2D eigenvalue weighted by molar-refractivity contribution is -0.149. The number of aromatic nitrogens is 2. The Bertz CT molecular complexity index is 1660. The molecule has 3 aromatic rings. The molecule has 1 aliphatic heterocycles. The summed E-state index contributed by atoms with van der Waals surface area (Å²) in [5.74, 6) is -0.467. The first-order chi connectivity index (χ1) is 24.0. The van der Waals surface area contributed by atoms with Gasteiger partial charge in [-0.2, -0.15) is 0 Å². The minimum atomic E-state index is -1.18. The highest BCUT2D eigenvalue weighted by molar-refractivity contribution is 6.04. The number of carbonyl (C=O) groups excluding carboxylic acids is 4. The van der Waals surface area contributed by atoms with E-state index >= 15 is 0 Å². The van der Waals surface area contributed by atoms with Gasteiger partial charge in [-0.25, -0.2) is 14.6 Å². The number of esters is 1. The number of likely N-dealkylation sites (tertiary alicyclic amines) is 1. The number of nitrogens with zero attached hydrogens (tertiary/aromatic N) is 2. The summed E-state index contributed by atoms with van der Waals surface area (Å²) < 4.78 is 10.3. The van der Waals surface area contributed by atoms with E-state index in [0.29, 0.717) is 37.6 Å². The van der Waals surface area contributed by atoms with Crippen molar-refractivity contribution in [1.29, 1.82) is 5.41 Å². The van der Waals surface area contributed by atoms with Crippen LogP contribution in [0.15, 0.2) is 36.4 Å². The van der Waals surface area contributed by atoms with Crippen LogP contribution in [-0.4, -0.2) is 83.3 Å². The van der Waals surface area contributed by atoms with Crippen LogP contribution in [0.3, 0.4) is 0 Å². The Morgan fingerprint density at radius 3 is 2.40 bits per heavy atom. The van der Waals surface area contributed by atoms with Gasteiger partial charge < -0.3 is 24.7 Å². The number of Topliss-reactive ketones (excluding diaryl/α,β-unsaturated/α-hetero) is 1. The average molecular weight is 690 g/mol. The van der Waals surface area contributed by atoms with Crippen molar-refractivity contribution in [2.45, 2.75) is 91.1 Å². The Balaban J connectivity index is 1.46. The van der Waals surface area contributed by atoms with Crippen LogP contribution in [0.4, 0.5) is 10.5 Å². The normalized spacial score (nSPS) is 14.5. The molecule has 13 heteroatoms. The monoisotopic (exact) mass is 689 g/mol. The number of carbonyl (C=O) groups is 4. The quantitative estimate of drug-likeness (QED) is 0.0424. The van der Waals surface area contributed by atoms with Gasteiger partial charge in [0.25, 0.3) is 0 Å². The van der Waals surface area contributed by atoms with Crippen LogP contribution in [0.1, 0.15) is 88.7 Å². The highest BCUT2D eigenvalue weighted by Crippen LogP contribution is 2.33. The molecule has 270 valence electrons. The summed E-state index contributed by atoms with van der Waals surface area (Å²) in [5, 5.41) is 17.1. The van der Waals surface area contributed by atoms with Crippen LogP contribution >= 0.6 is 0 Å². The van der Waals surface area contributed by atoms with Crippen LogP contribution in [-0.2, 0) is 35.8 Å². The predicted octanol–water partition coefficient (Wildman–Crippen LogP) is 5.11. The Morgan fingerprint density at radius 1 is 1.02 bits per heavy atom. The van der Waals surface area contributed by atoms with Crippen molar-refractivity contribution in [3.05, 3.63) is 58.9 Å². The lowest BCUT2D eigenvalue weighted by atomic mass is 9.78. The second-order valence-electron chi connectivity index (χ2n) is 13.0. The number of fused-ring (bicyclic) bond motifs is 1. The second kappa shape index (κ2) is 17.7. The lowest BCUT2D eigenvalue weighted by Crippen LogP contribution is -2.54. The molecule has 4 rings (SSSR count). The first-order valence-electron chi connectivity index (χ1n) is 17.5. The molecule has 0 saturated carbocycles. The zero-order valence-electron chi connectivity index (χ0n) is 29.9. The van der Waals surface area contributed by atoms with Crippen LogP contribution in [0.25, 0.3) is 11.0 Å². The van der Waals surface area contributed by atoms with Crippen molar-refractivity contribution in [1.82, 2.24) is 25.5 Å². The van der Waals surface area contributed by atoms with Gasteiger partial charge in [-0.3, -0.25) is 25.6 Å². The molecule has 2 atom stereocenters. The van der Waals surface area contributed by atoms with Crippen molar-refractivity contribution >= 4 is 46.3 Å². The van der Waals surface area contributed by atoms with E-state index in [-0.39, 0.29) is 30.7 Å². The molecule has 50 heavy (non-hydrogen) atoms. The Labute approximate surface area is 293 Å². The molecule has 0 radical (unpaired) electrons. The number of aromatic amines is 1. The lowest BCUT2D eigenvalue weighted by Gasteiger charge is -2.35. The maximum absolute atomic E-state index is 14.1. The summed E-state index contributed by atoms with van der Waals surface area (Å²) in [6.07, 6.45) is 5.23. The number of anilines is 1. The van der Waals surface area contributed by atoms with Crippen LogP contribution in [0.2, 0.25) is 0 Å². The van der Waals surface area contributed by atoms with Crippen LogP contribution < -0.4 is 16.0 Å². The molecule has 1 saturated heterocycles. The number of H-pyrrole nitrogens is 1. The van der Waals surface area contributed by atoms with Crippen molar-refractivity contribution in [2.75, 3.05) is 38.2 Å². The highest BCUT2D eigenvalue weighted by Gasteiger charge is 2.42. The summed E-state index contributed by atoms with van der Waals surface area (Å²) in [4.78, 5) is 61.2. The van der Waals surface area contributed by atoms with Gasteiger partial charge in [0.2, 0.25) is 5.91 Å². The van der Waals surface area contributed by atoms with Crippen LogP contribution in [0.5, 0.6) is 0 Å². The number of hydrogen-bond acceptors (Lipinski definition) is 10. The number of ketones is 1. The molecular weight excluding hydrogens is 638 g/mol. The Hall–Kier alpha value is -4.78. The molecule has 1 aromatic heterocycles. The molecule has 2 aromatic carbocycles. The molecule has 0 aliphatic carbocycles. The minimum absolute atomic E-state index is 0.0400. The Morgan fingerprint density at radius 2 is 1.74 bits per heavy atom. The molecule has 13 nitrogen and oxygen atoms in total. The summed E-state index contributed by atoms with van der Waals surface area (Å²) >= 11 is 0. The minimum Gasteiger partial charge on any atom is -0.464 e. The molecule has 0 spiro atoms. The number of hydrogen-bond donors (Lipinski definition) is 5. The zero-order chi connectivity index (χ0) is 36.3. The SMILES string of the molecule is CCCCCCOC(=O)NC(=N)c1ccc(NCc2nc3c(C)c(C(C)(CNC(C(C)=O)C(=O)OCC)C(=O)N4CCCC4)ccc3[nH]2)cc1. The fourth-order valence-electron chi connectivity index (χ4n) is 6.27. The third-order valence-corrected chi connectivity index (χ3v) is 9.10. The second-order valence-corrected chi connectivity index (χ2v) is 13.0. The van der Waals surface area contributed by atoms with Crippen molar-refractivity contribution in [3.8, 4) is 0 Å². The van der Waals surface area contributed by atoms with Gasteiger partial charge >= 0.3 is 12.1 Å². The van der Waals surface area contributed by atoms with Crippen molar-refractivity contribution in [2.24, 2.45) is 0 Å². The number of amidine groups is 1. The number of ether oxygens (including phenoxy) is 2. The molecular formula is C37H51N7O6. The van der Waals surface area contributed by atoms with Gasteiger partial charge in [0.15, 0.2) is 11.8 Å². The topological polar surface area (TPSA) is 179 Å². The number of benzene rings is 2. The van der Waals surface area contributed by atoms with E-state index in [1.807, 2.05) is 43.0 Å². The smallest absolute Gasteiger partial charge is 0.412 e. The number of alkyl carbamates (subject to hydrolysis) is 1. The molecule has 2 amide bonds. The van der Waals surface area contributed by atoms with Gasteiger partial charge in [0, 0.05) is 30.9 Å². The number of imidazole rings is 1. The summed E-state index contributed by atoms with van der Waals surface area (Å²) in [5.41, 5.74) is 3.38. The van der Waals surface area contributed by atoms with Gasteiger partial charge in [0.1, 0.15) is 11.7 Å². The molecule has 1 aliphatic rings. The van der Waals surface area contributed by atoms with E-state index in [4.69, 9.17) is 19.9 Å². The van der Waals surface area contributed by atoms with E-state index in [1.165, 1.54) is 6.92 Å². The summed E-state index contributed by atoms with van der Waals surface area (Å²) in [6.45, 7) is 11.1. The first-order valence-corrected chi connectivity index (χ1v) is 17.5. The fraction of sp³-hybridized carbons (Fsp3) is 0.514. The van der Waals surface area contributed by atoms with E-state index < -0.39 is 23.5 Å². The third kappa shape index (κ3) is 9.46. The molecule has 0 bridgehead atoms. The standard InChI is InChI=1S/C37H51N7O6/c1-6-8-9-12-21-50-36(48)43-33(38)26-13-15-27(16-14-26)39-22-30-41-29-18-17-28(24(3)31(29)42-30)37(5,35(47)44-19-10-11-20-44)23-40-32(25(4)45)34(46)49-7-2/h13-18,32,39-40H,6-12,19-23H2,1-5H3,(H,41,42)(H2,38,43,48).